The van der Waals surface area contributed by atoms with Crippen LogP contribution in [0, 0.1) is 0 Å². The zero-order valence-electron chi connectivity index (χ0n) is 9.90. The molecular weight excluding hydrogens is 218 g/mol. The lowest BCUT2D eigenvalue weighted by Crippen LogP contribution is -2.21. The maximum Gasteiger partial charge on any atom is 0.255 e. The SMILES string of the molecule is CCNCc1cnc(-c2cnn(C)c2)[nH]c1=O. The van der Waals surface area contributed by atoms with E-state index in [0.717, 1.165) is 12.1 Å². The van der Waals surface area contributed by atoms with Crippen LogP contribution in [0.25, 0.3) is 11.4 Å². The van der Waals surface area contributed by atoms with Crippen LogP contribution in [0.1, 0.15) is 12.5 Å². The molecule has 0 unspecified atom stereocenters. The quantitative estimate of drug-likeness (QED) is 0.795. The molecule has 0 spiro atoms. The molecule has 0 aromatic carbocycles. The van der Waals surface area contributed by atoms with E-state index in [9.17, 15) is 4.79 Å². The van der Waals surface area contributed by atoms with Crippen molar-refractivity contribution in [1.82, 2.24) is 25.1 Å². The van der Waals surface area contributed by atoms with Crippen molar-refractivity contribution in [3.05, 3.63) is 34.5 Å². The second kappa shape index (κ2) is 4.92. The first-order valence-electron chi connectivity index (χ1n) is 5.48. The van der Waals surface area contributed by atoms with Crippen LogP contribution < -0.4 is 10.9 Å². The Balaban J connectivity index is 2.27. The number of nitrogens with zero attached hydrogens (tertiary/aromatic N) is 3. The van der Waals surface area contributed by atoms with Crippen molar-refractivity contribution in [2.75, 3.05) is 6.54 Å². The summed E-state index contributed by atoms with van der Waals surface area (Å²) in [6.45, 7) is 3.35. The van der Waals surface area contributed by atoms with Crippen LogP contribution in [0.3, 0.4) is 0 Å². The molecule has 0 aliphatic carbocycles. The Bertz CT molecular complexity index is 557. The molecule has 0 saturated carbocycles. The van der Waals surface area contributed by atoms with Gasteiger partial charge in [-0.1, -0.05) is 6.92 Å². The Morgan fingerprint density at radius 3 is 2.88 bits per heavy atom. The van der Waals surface area contributed by atoms with Gasteiger partial charge in [0.1, 0.15) is 5.82 Å². The van der Waals surface area contributed by atoms with Gasteiger partial charge in [0.2, 0.25) is 0 Å². The highest BCUT2D eigenvalue weighted by molar-refractivity contribution is 5.51. The standard InChI is InChI=1S/C11H15N5O/c1-3-12-4-8-5-13-10(15-11(8)17)9-6-14-16(2)7-9/h5-7,12H,3-4H2,1-2H3,(H,13,15,17). The normalized spacial score (nSPS) is 10.7. The fourth-order valence-corrected chi connectivity index (χ4v) is 1.50. The summed E-state index contributed by atoms with van der Waals surface area (Å²) in [5.41, 5.74) is 1.33. The Morgan fingerprint density at radius 1 is 1.47 bits per heavy atom. The number of hydrogen-bond donors (Lipinski definition) is 2. The fourth-order valence-electron chi connectivity index (χ4n) is 1.50. The van der Waals surface area contributed by atoms with E-state index in [1.54, 1.807) is 17.1 Å². The summed E-state index contributed by atoms with van der Waals surface area (Å²) in [5.74, 6) is 0.545. The Morgan fingerprint density at radius 2 is 2.29 bits per heavy atom. The molecule has 2 rings (SSSR count). The number of H-pyrrole nitrogens is 1. The summed E-state index contributed by atoms with van der Waals surface area (Å²) < 4.78 is 1.67. The largest absolute Gasteiger partial charge is 0.313 e. The summed E-state index contributed by atoms with van der Waals surface area (Å²) >= 11 is 0. The fraction of sp³-hybridized carbons (Fsp3) is 0.364. The molecule has 17 heavy (non-hydrogen) atoms. The van der Waals surface area contributed by atoms with Gasteiger partial charge < -0.3 is 10.3 Å². The van der Waals surface area contributed by atoms with E-state index >= 15 is 0 Å². The Kier molecular flexibility index (Phi) is 3.34. The molecule has 0 atom stereocenters. The van der Waals surface area contributed by atoms with Gasteiger partial charge in [-0.15, -0.1) is 0 Å². The van der Waals surface area contributed by atoms with Gasteiger partial charge in [0.05, 0.1) is 11.8 Å². The van der Waals surface area contributed by atoms with Gasteiger partial charge in [0.15, 0.2) is 0 Å². The van der Waals surface area contributed by atoms with E-state index in [2.05, 4.69) is 20.4 Å². The van der Waals surface area contributed by atoms with Crippen molar-refractivity contribution < 1.29 is 0 Å². The van der Waals surface area contributed by atoms with Crippen LogP contribution in [0.4, 0.5) is 0 Å². The van der Waals surface area contributed by atoms with Crippen LogP contribution in [-0.4, -0.2) is 26.3 Å². The molecule has 0 bridgehead atoms. The zero-order valence-corrected chi connectivity index (χ0v) is 9.90. The second-order valence-corrected chi connectivity index (χ2v) is 3.77. The van der Waals surface area contributed by atoms with E-state index in [4.69, 9.17) is 0 Å². The summed E-state index contributed by atoms with van der Waals surface area (Å²) in [6.07, 6.45) is 5.08. The van der Waals surface area contributed by atoms with Crippen LogP contribution in [0.5, 0.6) is 0 Å². The summed E-state index contributed by atoms with van der Waals surface area (Å²) in [6, 6.07) is 0. The van der Waals surface area contributed by atoms with Gasteiger partial charge in [-0.05, 0) is 6.54 Å². The lowest BCUT2D eigenvalue weighted by molar-refractivity contribution is 0.716. The molecular formula is C11H15N5O. The molecule has 2 aromatic rings. The van der Waals surface area contributed by atoms with Gasteiger partial charge in [-0.3, -0.25) is 9.48 Å². The molecule has 0 aliphatic heterocycles. The van der Waals surface area contributed by atoms with Crippen molar-refractivity contribution in [1.29, 1.82) is 0 Å². The molecule has 2 heterocycles. The highest BCUT2D eigenvalue weighted by Gasteiger charge is 2.05. The maximum atomic E-state index is 11.8. The first-order valence-corrected chi connectivity index (χ1v) is 5.48. The summed E-state index contributed by atoms with van der Waals surface area (Å²) in [5, 5.41) is 7.13. The molecule has 90 valence electrons. The predicted molar refractivity (Wildman–Crippen MR) is 64.4 cm³/mol. The number of aromatic amines is 1. The highest BCUT2D eigenvalue weighted by atomic mass is 16.1. The minimum absolute atomic E-state index is 0.111. The van der Waals surface area contributed by atoms with Gasteiger partial charge in [0.25, 0.3) is 5.56 Å². The molecule has 0 fully saturated rings. The third-order valence-electron chi connectivity index (χ3n) is 2.42. The molecule has 2 aromatic heterocycles. The highest BCUT2D eigenvalue weighted by Crippen LogP contribution is 2.10. The number of hydrogen-bond acceptors (Lipinski definition) is 4. The molecule has 0 aliphatic rings. The lowest BCUT2D eigenvalue weighted by atomic mass is 10.3. The van der Waals surface area contributed by atoms with Crippen molar-refractivity contribution in [2.24, 2.45) is 7.05 Å². The summed E-state index contributed by atoms with van der Waals surface area (Å²) in [4.78, 5) is 18.7. The van der Waals surface area contributed by atoms with E-state index in [0.29, 0.717) is 17.9 Å². The monoisotopic (exact) mass is 233 g/mol. The topological polar surface area (TPSA) is 75.6 Å². The summed E-state index contributed by atoms with van der Waals surface area (Å²) in [7, 11) is 1.82. The number of aromatic nitrogens is 4. The Hall–Kier alpha value is -1.95. The molecule has 6 nitrogen and oxygen atoms in total. The second-order valence-electron chi connectivity index (χ2n) is 3.77. The van der Waals surface area contributed by atoms with Crippen LogP contribution in [-0.2, 0) is 13.6 Å². The van der Waals surface area contributed by atoms with E-state index in [1.807, 2.05) is 20.2 Å². The Labute approximate surface area is 98.7 Å². The number of rotatable bonds is 4. The number of nitrogens with one attached hydrogen (secondary N) is 2. The first kappa shape index (κ1) is 11.5. The van der Waals surface area contributed by atoms with Crippen LogP contribution >= 0.6 is 0 Å². The first-order chi connectivity index (χ1) is 8.20. The minimum atomic E-state index is -0.111. The minimum Gasteiger partial charge on any atom is -0.313 e. The van der Waals surface area contributed by atoms with E-state index in [1.165, 1.54) is 0 Å². The third-order valence-corrected chi connectivity index (χ3v) is 2.42. The van der Waals surface area contributed by atoms with Crippen molar-refractivity contribution >= 4 is 0 Å². The van der Waals surface area contributed by atoms with Gasteiger partial charge in [0, 0.05) is 31.5 Å². The van der Waals surface area contributed by atoms with Crippen molar-refractivity contribution in [2.45, 2.75) is 13.5 Å². The van der Waals surface area contributed by atoms with Gasteiger partial charge in [-0.25, -0.2) is 4.98 Å². The average molecular weight is 233 g/mol. The number of aryl methyl sites for hydroxylation is 1. The maximum absolute atomic E-state index is 11.8. The molecule has 6 heteroatoms. The van der Waals surface area contributed by atoms with E-state index < -0.39 is 0 Å². The molecule has 2 N–H and O–H groups in total. The van der Waals surface area contributed by atoms with Crippen molar-refractivity contribution in [3.63, 3.8) is 0 Å². The van der Waals surface area contributed by atoms with Gasteiger partial charge in [-0.2, -0.15) is 5.10 Å². The lowest BCUT2D eigenvalue weighted by Gasteiger charge is -2.01. The molecule has 0 radical (unpaired) electrons. The molecule has 0 saturated heterocycles. The van der Waals surface area contributed by atoms with E-state index in [-0.39, 0.29) is 5.56 Å². The smallest absolute Gasteiger partial charge is 0.255 e. The zero-order chi connectivity index (χ0) is 12.3. The van der Waals surface area contributed by atoms with Gasteiger partial charge >= 0.3 is 0 Å². The molecule has 0 amide bonds. The van der Waals surface area contributed by atoms with Crippen LogP contribution in [0.15, 0.2) is 23.4 Å². The average Bonchev–Trinajstić information content (AvgIpc) is 2.74. The predicted octanol–water partition coefficient (Wildman–Crippen LogP) is 0.280. The third kappa shape index (κ3) is 2.59. The van der Waals surface area contributed by atoms with Crippen molar-refractivity contribution in [3.8, 4) is 11.4 Å². The van der Waals surface area contributed by atoms with Crippen LogP contribution in [0.2, 0.25) is 0 Å².